The number of methoxy groups -OCH3 is 1. The molecule has 0 amide bonds. The van der Waals surface area contributed by atoms with Crippen molar-refractivity contribution in [3.8, 4) is 6.07 Å². The van der Waals surface area contributed by atoms with Crippen LogP contribution in [0.5, 0.6) is 0 Å². The molecule has 20 heavy (non-hydrogen) atoms. The summed E-state index contributed by atoms with van der Waals surface area (Å²) in [6.07, 6.45) is 0. The number of aryl methyl sites for hydroxylation is 1. The molecule has 2 rings (SSSR count). The van der Waals surface area contributed by atoms with E-state index < -0.39 is 0 Å². The van der Waals surface area contributed by atoms with E-state index in [0.29, 0.717) is 17.2 Å². The maximum atomic E-state index is 8.87. The summed E-state index contributed by atoms with van der Waals surface area (Å²) in [6.45, 7) is 2.36. The van der Waals surface area contributed by atoms with Crippen molar-refractivity contribution in [1.82, 2.24) is 0 Å². The third-order valence-electron chi connectivity index (χ3n) is 2.87. The summed E-state index contributed by atoms with van der Waals surface area (Å²) in [5.74, 6) is 1.64. The van der Waals surface area contributed by atoms with Crippen molar-refractivity contribution in [2.24, 2.45) is 0 Å². The van der Waals surface area contributed by atoms with E-state index in [2.05, 4.69) is 5.32 Å². The SMILES string of the molecule is COCC(Nc1ccc(C#N)c(Cl)c1)c1ccc(C)o1. The molecule has 1 heterocycles. The lowest BCUT2D eigenvalue weighted by Crippen LogP contribution is -2.15. The predicted octanol–water partition coefficient (Wildman–Crippen LogP) is 3.91. The van der Waals surface area contributed by atoms with Crippen molar-refractivity contribution < 1.29 is 9.15 Å². The van der Waals surface area contributed by atoms with Crippen LogP contribution >= 0.6 is 11.6 Å². The number of halogens is 1. The van der Waals surface area contributed by atoms with Gasteiger partial charge in [0.2, 0.25) is 0 Å². The summed E-state index contributed by atoms with van der Waals surface area (Å²) in [5, 5.41) is 12.6. The van der Waals surface area contributed by atoms with Gasteiger partial charge in [0.15, 0.2) is 0 Å². The van der Waals surface area contributed by atoms with Gasteiger partial charge in [-0.3, -0.25) is 0 Å². The van der Waals surface area contributed by atoms with Gasteiger partial charge in [0.25, 0.3) is 0 Å². The van der Waals surface area contributed by atoms with E-state index in [-0.39, 0.29) is 6.04 Å². The van der Waals surface area contributed by atoms with Gasteiger partial charge in [0.05, 0.1) is 17.2 Å². The van der Waals surface area contributed by atoms with Crippen LogP contribution in [0.1, 0.15) is 23.1 Å². The van der Waals surface area contributed by atoms with Crippen LogP contribution < -0.4 is 5.32 Å². The highest BCUT2D eigenvalue weighted by molar-refractivity contribution is 6.32. The maximum Gasteiger partial charge on any atom is 0.128 e. The highest BCUT2D eigenvalue weighted by Gasteiger charge is 2.15. The molecule has 1 aromatic carbocycles. The molecular formula is C15H15ClN2O2. The molecule has 4 nitrogen and oxygen atoms in total. The van der Waals surface area contributed by atoms with Gasteiger partial charge in [-0.15, -0.1) is 0 Å². The number of hydrogen-bond donors (Lipinski definition) is 1. The fourth-order valence-corrected chi connectivity index (χ4v) is 2.12. The van der Waals surface area contributed by atoms with Crippen LogP contribution in [-0.4, -0.2) is 13.7 Å². The summed E-state index contributed by atoms with van der Waals surface area (Å²) in [6, 6.07) is 11.0. The predicted molar refractivity (Wildman–Crippen MR) is 77.9 cm³/mol. The molecule has 0 saturated heterocycles. The van der Waals surface area contributed by atoms with E-state index in [4.69, 9.17) is 26.0 Å². The van der Waals surface area contributed by atoms with E-state index in [1.54, 1.807) is 19.2 Å². The van der Waals surface area contributed by atoms with E-state index in [1.165, 1.54) is 0 Å². The van der Waals surface area contributed by atoms with Crippen LogP contribution in [0.25, 0.3) is 0 Å². The van der Waals surface area contributed by atoms with Gasteiger partial charge in [-0.1, -0.05) is 11.6 Å². The molecule has 1 N–H and O–H groups in total. The summed E-state index contributed by atoms with van der Waals surface area (Å²) >= 11 is 6.02. The molecule has 0 radical (unpaired) electrons. The van der Waals surface area contributed by atoms with Crippen molar-refractivity contribution in [2.45, 2.75) is 13.0 Å². The molecule has 0 spiro atoms. The number of anilines is 1. The number of hydrogen-bond acceptors (Lipinski definition) is 4. The molecule has 0 aliphatic heterocycles. The molecule has 1 aromatic heterocycles. The number of furan rings is 1. The highest BCUT2D eigenvalue weighted by Crippen LogP contribution is 2.25. The fraction of sp³-hybridized carbons (Fsp3) is 0.267. The second kappa shape index (κ2) is 6.47. The molecule has 1 atom stereocenters. The molecule has 0 saturated carbocycles. The minimum atomic E-state index is -0.113. The van der Waals surface area contributed by atoms with E-state index in [0.717, 1.165) is 17.2 Å². The van der Waals surface area contributed by atoms with Gasteiger partial charge in [-0.05, 0) is 37.3 Å². The molecule has 0 aliphatic rings. The minimum absolute atomic E-state index is 0.113. The third-order valence-corrected chi connectivity index (χ3v) is 3.18. The van der Waals surface area contributed by atoms with Gasteiger partial charge in [-0.25, -0.2) is 0 Å². The first-order chi connectivity index (χ1) is 9.63. The Bertz CT molecular complexity index is 631. The molecule has 2 aromatic rings. The fourth-order valence-electron chi connectivity index (χ4n) is 1.90. The first kappa shape index (κ1) is 14.4. The molecular weight excluding hydrogens is 276 g/mol. The van der Waals surface area contributed by atoms with Gasteiger partial charge in [-0.2, -0.15) is 5.26 Å². The van der Waals surface area contributed by atoms with Crippen molar-refractivity contribution in [3.63, 3.8) is 0 Å². The maximum absolute atomic E-state index is 8.87. The number of ether oxygens (including phenoxy) is 1. The van der Waals surface area contributed by atoms with Crippen molar-refractivity contribution in [1.29, 1.82) is 5.26 Å². The Morgan fingerprint density at radius 1 is 1.40 bits per heavy atom. The van der Waals surface area contributed by atoms with Crippen LogP contribution in [0.3, 0.4) is 0 Å². The Morgan fingerprint density at radius 2 is 2.20 bits per heavy atom. The summed E-state index contributed by atoms with van der Waals surface area (Å²) in [5.41, 5.74) is 1.26. The van der Waals surface area contributed by atoms with Gasteiger partial charge >= 0.3 is 0 Å². The molecule has 5 heteroatoms. The number of nitriles is 1. The molecule has 1 unspecified atom stereocenters. The molecule has 104 valence electrons. The average molecular weight is 291 g/mol. The first-order valence-corrected chi connectivity index (χ1v) is 6.53. The van der Waals surface area contributed by atoms with Crippen molar-refractivity contribution in [2.75, 3.05) is 19.0 Å². The van der Waals surface area contributed by atoms with Crippen molar-refractivity contribution in [3.05, 3.63) is 52.4 Å². The monoisotopic (exact) mass is 290 g/mol. The van der Waals surface area contributed by atoms with E-state index >= 15 is 0 Å². The molecule has 0 fully saturated rings. The summed E-state index contributed by atoms with van der Waals surface area (Å²) in [7, 11) is 1.64. The molecule has 0 aliphatic carbocycles. The zero-order valence-corrected chi connectivity index (χ0v) is 12.1. The highest BCUT2D eigenvalue weighted by atomic mass is 35.5. The van der Waals surface area contributed by atoms with E-state index in [9.17, 15) is 0 Å². The Morgan fingerprint density at radius 3 is 2.75 bits per heavy atom. The summed E-state index contributed by atoms with van der Waals surface area (Å²) in [4.78, 5) is 0. The Hall–Kier alpha value is -1.96. The van der Waals surface area contributed by atoms with Crippen molar-refractivity contribution >= 4 is 17.3 Å². The topological polar surface area (TPSA) is 58.2 Å². The van der Waals surface area contributed by atoms with Crippen LogP contribution in [-0.2, 0) is 4.74 Å². The van der Waals surface area contributed by atoms with E-state index in [1.807, 2.05) is 31.2 Å². The lowest BCUT2D eigenvalue weighted by molar-refractivity contribution is 0.178. The zero-order valence-electron chi connectivity index (χ0n) is 11.3. The van der Waals surface area contributed by atoms with Gasteiger partial charge in [0, 0.05) is 12.8 Å². The normalized spacial score (nSPS) is 11.9. The zero-order chi connectivity index (χ0) is 14.5. The second-order valence-corrected chi connectivity index (χ2v) is 4.81. The lowest BCUT2D eigenvalue weighted by atomic mass is 10.2. The third kappa shape index (κ3) is 3.32. The minimum Gasteiger partial charge on any atom is -0.464 e. The smallest absolute Gasteiger partial charge is 0.128 e. The Labute approximate surface area is 122 Å². The molecule has 0 bridgehead atoms. The van der Waals surface area contributed by atoms with Crippen LogP contribution in [0.15, 0.2) is 34.7 Å². The summed E-state index contributed by atoms with van der Waals surface area (Å²) < 4.78 is 10.8. The quantitative estimate of drug-likeness (QED) is 0.907. The standard InChI is InChI=1S/C15H15ClN2O2/c1-10-3-6-15(20-10)14(9-19-2)18-12-5-4-11(8-17)13(16)7-12/h3-7,14,18H,9H2,1-2H3. The number of benzene rings is 1. The van der Waals surface area contributed by atoms with Gasteiger partial charge < -0.3 is 14.5 Å². The van der Waals surface area contributed by atoms with Crippen LogP contribution in [0.4, 0.5) is 5.69 Å². The van der Waals surface area contributed by atoms with Crippen LogP contribution in [0, 0.1) is 18.3 Å². The average Bonchev–Trinajstić information content (AvgIpc) is 2.85. The number of rotatable bonds is 5. The second-order valence-electron chi connectivity index (χ2n) is 4.41. The number of nitrogens with one attached hydrogen (secondary N) is 1. The first-order valence-electron chi connectivity index (χ1n) is 6.15. The van der Waals surface area contributed by atoms with Crippen LogP contribution in [0.2, 0.25) is 5.02 Å². The van der Waals surface area contributed by atoms with Gasteiger partial charge in [0.1, 0.15) is 23.6 Å². The largest absolute Gasteiger partial charge is 0.464 e. The Balaban J connectivity index is 2.20. The Kier molecular flexibility index (Phi) is 4.67. The number of nitrogens with zero attached hydrogens (tertiary/aromatic N) is 1. The lowest BCUT2D eigenvalue weighted by Gasteiger charge is -2.17.